The van der Waals surface area contributed by atoms with Gasteiger partial charge in [0.05, 0.1) is 5.56 Å². The van der Waals surface area contributed by atoms with Crippen LogP contribution in [0.1, 0.15) is 17.3 Å². The maximum absolute atomic E-state index is 11.5. The number of Topliss-reactive ketones (excluding diaryl/α,β-unsaturated/α-hetero) is 1. The highest BCUT2D eigenvalue weighted by Gasteiger charge is 2.27. The maximum atomic E-state index is 11.5. The van der Waals surface area contributed by atoms with E-state index in [0.717, 1.165) is 0 Å². The zero-order chi connectivity index (χ0) is 10.1. The van der Waals surface area contributed by atoms with Crippen LogP contribution in [0, 0.1) is 0 Å². The fraction of sp³-hybridized carbons (Fsp3) is 0.200. The average Bonchev–Trinajstić information content (AvgIpc) is 2.17. The fourth-order valence-corrected chi connectivity index (χ4v) is 1.29. The molecule has 1 atom stereocenters. The third-order valence-corrected chi connectivity index (χ3v) is 2.01. The smallest absolute Gasteiger partial charge is 0.258 e. The zero-order valence-corrected chi connectivity index (χ0v) is 7.61. The molecule has 0 bridgehead atoms. The van der Waals surface area contributed by atoms with Crippen molar-refractivity contribution in [1.29, 1.82) is 0 Å². The molecule has 1 aliphatic heterocycles. The number of rotatable bonds is 1. The number of benzene rings is 1. The van der Waals surface area contributed by atoms with E-state index in [0.29, 0.717) is 11.3 Å². The van der Waals surface area contributed by atoms with Gasteiger partial charge in [-0.25, -0.2) is 0 Å². The van der Waals surface area contributed by atoms with Crippen LogP contribution in [0.2, 0.25) is 0 Å². The molecule has 1 amide bonds. The van der Waals surface area contributed by atoms with Crippen molar-refractivity contribution in [3.8, 4) is 5.75 Å². The van der Waals surface area contributed by atoms with E-state index >= 15 is 0 Å². The molecule has 14 heavy (non-hydrogen) atoms. The topological polar surface area (TPSA) is 55.4 Å². The summed E-state index contributed by atoms with van der Waals surface area (Å²) in [5.41, 5.74) is 0.463. The number of ether oxygens (including phenoxy) is 1. The van der Waals surface area contributed by atoms with Gasteiger partial charge in [-0.2, -0.15) is 0 Å². The Bertz CT molecular complexity index is 400. The number of nitrogens with one attached hydrogen (secondary N) is 1. The average molecular weight is 191 g/mol. The second-order valence-corrected chi connectivity index (χ2v) is 3.08. The lowest BCUT2D eigenvalue weighted by Gasteiger charge is -2.24. The van der Waals surface area contributed by atoms with Crippen LogP contribution in [-0.4, -0.2) is 17.9 Å². The second kappa shape index (κ2) is 3.14. The number of hydrogen-bond donors (Lipinski definition) is 1. The third-order valence-electron chi connectivity index (χ3n) is 2.01. The SMILES string of the molecule is CC(=O)C1NC(=O)c2ccccc2O1. The molecule has 72 valence electrons. The number of fused-ring (bicyclic) bond motifs is 1. The molecule has 1 unspecified atom stereocenters. The monoisotopic (exact) mass is 191 g/mol. The number of amides is 1. The lowest BCUT2D eigenvalue weighted by atomic mass is 10.1. The summed E-state index contributed by atoms with van der Waals surface area (Å²) in [4.78, 5) is 22.5. The van der Waals surface area contributed by atoms with Crippen LogP contribution >= 0.6 is 0 Å². The first-order chi connectivity index (χ1) is 6.68. The van der Waals surface area contributed by atoms with Crippen LogP contribution in [-0.2, 0) is 4.79 Å². The van der Waals surface area contributed by atoms with Crippen molar-refractivity contribution in [2.24, 2.45) is 0 Å². The largest absolute Gasteiger partial charge is 0.462 e. The molecule has 2 rings (SSSR count). The molecule has 0 spiro atoms. The Labute approximate surface area is 80.9 Å². The predicted molar refractivity (Wildman–Crippen MR) is 49.0 cm³/mol. The van der Waals surface area contributed by atoms with Crippen molar-refractivity contribution in [1.82, 2.24) is 5.32 Å². The first kappa shape index (κ1) is 8.74. The Kier molecular flexibility index (Phi) is 1.96. The molecule has 0 saturated carbocycles. The van der Waals surface area contributed by atoms with Gasteiger partial charge in [0.2, 0.25) is 6.23 Å². The van der Waals surface area contributed by atoms with E-state index in [1.165, 1.54) is 6.92 Å². The minimum Gasteiger partial charge on any atom is -0.462 e. The van der Waals surface area contributed by atoms with Gasteiger partial charge >= 0.3 is 0 Å². The molecule has 4 heteroatoms. The first-order valence-corrected chi connectivity index (χ1v) is 4.25. The van der Waals surface area contributed by atoms with E-state index in [4.69, 9.17) is 4.74 Å². The summed E-state index contributed by atoms with van der Waals surface area (Å²) in [7, 11) is 0. The van der Waals surface area contributed by atoms with E-state index in [9.17, 15) is 9.59 Å². The summed E-state index contributed by atoms with van der Waals surface area (Å²) < 4.78 is 5.28. The number of carbonyl (C=O) groups excluding carboxylic acids is 2. The number of hydrogen-bond acceptors (Lipinski definition) is 3. The highest BCUT2D eigenvalue weighted by Crippen LogP contribution is 2.22. The van der Waals surface area contributed by atoms with Crippen molar-refractivity contribution < 1.29 is 14.3 Å². The highest BCUT2D eigenvalue weighted by atomic mass is 16.5. The summed E-state index contributed by atoms with van der Waals surface area (Å²) in [6, 6.07) is 6.83. The summed E-state index contributed by atoms with van der Waals surface area (Å²) in [6.07, 6.45) is -0.850. The van der Waals surface area contributed by atoms with Gasteiger partial charge in [0.25, 0.3) is 5.91 Å². The molecule has 1 heterocycles. The van der Waals surface area contributed by atoms with Crippen molar-refractivity contribution in [2.45, 2.75) is 13.2 Å². The molecule has 0 aliphatic carbocycles. The summed E-state index contributed by atoms with van der Waals surface area (Å²) in [5, 5.41) is 2.46. The Morgan fingerprint density at radius 1 is 1.43 bits per heavy atom. The third kappa shape index (κ3) is 1.35. The minimum atomic E-state index is -0.850. The number of ketones is 1. The molecular formula is C10H9NO3. The Morgan fingerprint density at radius 2 is 2.14 bits per heavy atom. The van der Waals surface area contributed by atoms with E-state index < -0.39 is 6.23 Å². The molecule has 0 radical (unpaired) electrons. The van der Waals surface area contributed by atoms with Crippen LogP contribution < -0.4 is 10.1 Å². The highest BCUT2D eigenvalue weighted by molar-refractivity contribution is 6.00. The minimum absolute atomic E-state index is 0.215. The molecule has 1 aromatic rings. The van der Waals surface area contributed by atoms with Crippen LogP contribution in [0.25, 0.3) is 0 Å². The van der Waals surface area contributed by atoms with Crippen LogP contribution in [0.3, 0.4) is 0 Å². The summed E-state index contributed by atoms with van der Waals surface area (Å²) in [5.74, 6) is -0.0312. The van der Waals surface area contributed by atoms with Crippen molar-refractivity contribution in [3.05, 3.63) is 29.8 Å². The Morgan fingerprint density at radius 3 is 2.86 bits per heavy atom. The first-order valence-electron chi connectivity index (χ1n) is 4.25. The maximum Gasteiger partial charge on any atom is 0.258 e. The number of carbonyl (C=O) groups is 2. The van der Waals surface area contributed by atoms with Gasteiger partial charge in [-0.1, -0.05) is 12.1 Å². The molecular weight excluding hydrogens is 182 g/mol. The second-order valence-electron chi connectivity index (χ2n) is 3.08. The van der Waals surface area contributed by atoms with Gasteiger partial charge in [0, 0.05) is 6.92 Å². The van der Waals surface area contributed by atoms with Gasteiger partial charge in [0.1, 0.15) is 5.75 Å². The van der Waals surface area contributed by atoms with Crippen LogP contribution in [0.4, 0.5) is 0 Å². The summed E-state index contributed by atoms with van der Waals surface area (Å²) in [6.45, 7) is 1.37. The van der Waals surface area contributed by atoms with E-state index in [-0.39, 0.29) is 11.7 Å². The van der Waals surface area contributed by atoms with Gasteiger partial charge in [-0.15, -0.1) is 0 Å². The van der Waals surface area contributed by atoms with E-state index in [2.05, 4.69) is 5.32 Å². The lowest BCUT2D eigenvalue weighted by Crippen LogP contribution is -2.47. The molecule has 0 aromatic heterocycles. The van der Waals surface area contributed by atoms with E-state index in [1.807, 2.05) is 0 Å². The molecule has 0 saturated heterocycles. The van der Waals surface area contributed by atoms with Crippen molar-refractivity contribution in [3.63, 3.8) is 0 Å². The lowest BCUT2D eigenvalue weighted by molar-refractivity contribution is -0.124. The molecule has 4 nitrogen and oxygen atoms in total. The predicted octanol–water partition coefficient (Wildman–Crippen LogP) is 0.724. The zero-order valence-electron chi connectivity index (χ0n) is 7.61. The molecule has 1 N–H and O–H groups in total. The quantitative estimate of drug-likeness (QED) is 0.711. The standard InChI is InChI=1S/C10H9NO3/c1-6(12)10-11-9(13)7-4-2-3-5-8(7)14-10/h2-5,10H,1H3,(H,11,13). The van der Waals surface area contributed by atoms with Gasteiger partial charge in [-0.3, -0.25) is 9.59 Å². The van der Waals surface area contributed by atoms with Crippen LogP contribution in [0.5, 0.6) is 5.75 Å². The van der Waals surface area contributed by atoms with Crippen LogP contribution in [0.15, 0.2) is 24.3 Å². The van der Waals surface area contributed by atoms with Gasteiger partial charge in [-0.05, 0) is 12.1 Å². The normalized spacial score (nSPS) is 19.2. The fourth-order valence-electron chi connectivity index (χ4n) is 1.29. The van der Waals surface area contributed by atoms with Crippen molar-refractivity contribution in [2.75, 3.05) is 0 Å². The van der Waals surface area contributed by atoms with Gasteiger partial charge in [0.15, 0.2) is 5.78 Å². The Balaban J connectivity index is 2.38. The molecule has 0 fully saturated rings. The Hall–Kier alpha value is -1.84. The number of para-hydroxylation sites is 1. The summed E-state index contributed by atoms with van der Waals surface area (Å²) >= 11 is 0. The van der Waals surface area contributed by atoms with Gasteiger partial charge < -0.3 is 10.1 Å². The molecule has 1 aliphatic rings. The molecule has 1 aromatic carbocycles. The van der Waals surface area contributed by atoms with Crippen molar-refractivity contribution >= 4 is 11.7 Å². The van der Waals surface area contributed by atoms with E-state index in [1.54, 1.807) is 24.3 Å².